The average Bonchev–Trinajstić information content (AvgIpc) is 3.30. The number of methoxy groups -OCH3 is 3. The molecule has 3 heterocycles. The van der Waals surface area contributed by atoms with Crippen LogP contribution in [0.4, 0.5) is 0 Å². The molecular weight excluding hydrogens is 906 g/mol. The van der Waals surface area contributed by atoms with Gasteiger partial charge in [0.05, 0.1) is 24.4 Å². The van der Waals surface area contributed by atoms with E-state index in [1.807, 2.05) is 58.1 Å². The van der Waals surface area contributed by atoms with E-state index >= 15 is 0 Å². The minimum Gasteiger partial charge on any atom is -0.460 e. The molecule has 15 atom stereocenters. The van der Waals surface area contributed by atoms with Gasteiger partial charge in [-0.1, -0.05) is 71.1 Å². The van der Waals surface area contributed by atoms with Crippen molar-refractivity contribution in [1.29, 1.82) is 0 Å². The lowest BCUT2D eigenvalue weighted by Gasteiger charge is -2.42. The molecule has 1 saturated carbocycles. The quantitative estimate of drug-likeness (QED) is 0.104. The number of rotatable bonds is 8. The van der Waals surface area contributed by atoms with E-state index in [1.165, 1.54) is 12.0 Å². The number of amides is 1. The summed E-state index contributed by atoms with van der Waals surface area (Å²) >= 11 is 0. The van der Waals surface area contributed by atoms with Crippen LogP contribution in [0.3, 0.4) is 0 Å². The first-order valence-electron chi connectivity index (χ1n) is 25.2. The molecule has 69 heavy (non-hydrogen) atoms. The van der Waals surface area contributed by atoms with Gasteiger partial charge in [-0.3, -0.25) is 23.7 Å². The van der Waals surface area contributed by atoms with E-state index < -0.39 is 85.1 Å². The van der Waals surface area contributed by atoms with E-state index in [0.29, 0.717) is 63.4 Å². The predicted molar refractivity (Wildman–Crippen MR) is 263 cm³/mol. The van der Waals surface area contributed by atoms with Crippen LogP contribution in [0.2, 0.25) is 0 Å². The Kier molecular flexibility index (Phi) is 22.5. The van der Waals surface area contributed by atoms with Crippen molar-refractivity contribution in [2.45, 2.75) is 180 Å². The molecule has 2 N–H and O–H groups in total. The Morgan fingerprint density at radius 1 is 0.855 bits per heavy atom. The molecule has 1 amide bonds. The Balaban J connectivity index is 1.70. The number of Topliss-reactive ketones (excluding diaryl/α,β-unsaturated/α-hetero) is 3. The summed E-state index contributed by atoms with van der Waals surface area (Å²) in [6.45, 7) is 15.9. The number of aliphatic hydroxyl groups excluding tert-OH is 1. The van der Waals surface area contributed by atoms with Gasteiger partial charge in [0.15, 0.2) is 13.2 Å². The van der Waals surface area contributed by atoms with E-state index in [-0.39, 0.29) is 60.9 Å². The normalized spacial score (nSPS) is 39.0. The molecule has 0 radical (unpaired) electrons. The minimum absolute atomic E-state index is 0.0117. The van der Waals surface area contributed by atoms with Crippen molar-refractivity contribution >= 4 is 36.6 Å². The van der Waals surface area contributed by atoms with Gasteiger partial charge in [-0.2, -0.15) is 0 Å². The number of ketones is 3. The van der Waals surface area contributed by atoms with E-state index in [9.17, 15) is 38.8 Å². The number of ether oxygens (including phenoxy) is 5. The Hall–Kier alpha value is -3.14. The minimum atomic E-state index is -2.79. The number of nitrogens with zero attached hydrogens (tertiary/aromatic N) is 1. The second-order valence-corrected chi connectivity index (χ2v) is 23.6. The van der Waals surface area contributed by atoms with Gasteiger partial charge in [-0.05, 0) is 107 Å². The zero-order valence-electron chi connectivity index (χ0n) is 43.4. The van der Waals surface area contributed by atoms with Crippen molar-refractivity contribution in [2.75, 3.05) is 41.2 Å². The van der Waals surface area contributed by atoms with Gasteiger partial charge in [0, 0.05) is 71.8 Å². The smallest absolute Gasteiger partial charge is 0.329 e. The summed E-state index contributed by atoms with van der Waals surface area (Å²) in [4.78, 5) is 72.2. The molecule has 2 bridgehead atoms. The lowest BCUT2D eigenvalue weighted by atomic mass is 9.78. The van der Waals surface area contributed by atoms with Crippen LogP contribution in [0.15, 0.2) is 47.6 Å². The monoisotopic (exact) mass is 990 g/mol. The van der Waals surface area contributed by atoms with Crippen molar-refractivity contribution in [1.82, 2.24) is 4.90 Å². The van der Waals surface area contributed by atoms with Crippen molar-refractivity contribution < 1.29 is 67.0 Å². The van der Waals surface area contributed by atoms with Crippen LogP contribution in [-0.4, -0.2) is 140 Å². The second kappa shape index (κ2) is 26.5. The lowest BCUT2D eigenvalue weighted by molar-refractivity contribution is -0.265. The molecule has 4 rings (SSSR count). The molecule has 0 aromatic carbocycles. The van der Waals surface area contributed by atoms with E-state index in [2.05, 4.69) is 0 Å². The third kappa shape index (κ3) is 16.2. The zero-order chi connectivity index (χ0) is 51.4. The average molecular weight is 990 g/mol. The maximum absolute atomic E-state index is 14.5. The van der Waals surface area contributed by atoms with Crippen LogP contribution in [0.25, 0.3) is 0 Å². The fourth-order valence-electron chi connectivity index (χ4n) is 10.5. The van der Waals surface area contributed by atoms with E-state index in [0.717, 1.165) is 12.0 Å². The molecule has 3 fully saturated rings. The number of fused-ring (bicyclic) bond motifs is 3. The highest BCUT2D eigenvalue weighted by molar-refractivity contribution is 7.57. The highest BCUT2D eigenvalue weighted by Crippen LogP contribution is 2.45. The Morgan fingerprint density at radius 2 is 1.57 bits per heavy atom. The summed E-state index contributed by atoms with van der Waals surface area (Å²) in [5, 5.41) is 23.5. The summed E-state index contributed by atoms with van der Waals surface area (Å²) in [5.41, 5.74) is 1.25. The Morgan fingerprint density at radius 3 is 2.22 bits per heavy atom. The SMILES string of the molecule is CO[C@H]1C[C@@H](C[C@H](C)[C@H]2CC(=O)[C@@H](C)/C=C(\C)[C@H](O)[C@H](OC)C(=O)[C@@H](C)C[C@@H](C)/C=C/C=C/C=C(\C)[C@H](OC)C[C@H]3CC[C@H](C)[C@](O)(O3)C(=O)C(=O)N3CCCC[C@@H]3C(=O)O2)CC[C@@H]1OP(C)(C)=O. The maximum atomic E-state index is 14.5. The van der Waals surface area contributed by atoms with Crippen LogP contribution in [-0.2, 0) is 56.7 Å². The Labute approximate surface area is 411 Å². The molecule has 16 heteroatoms. The third-order valence-electron chi connectivity index (χ3n) is 14.8. The molecular formula is C53H84NO14P. The van der Waals surface area contributed by atoms with Gasteiger partial charge in [-0.25, -0.2) is 4.79 Å². The molecule has 390 valence electrons. The topological polar surface area (TPSA) is 202 Å². The fourth-order valence-corrected chi connectivity index (χ4v) is 11.4. The van der Waals surface area contributed by atoms with Crippen molar-refractivity contribution in [3.8, 4) is 0 Å². The number of carbonyl (C=O) groups excluding carboxylic acids is 5. The number of carbonyl (C=O) groups is 5. The highest BCUT2D eigenvalue weighted by Gasteiger charge is 2.53. The van der Waals surface area contributed by atoms with Gasteiger partial charge >= 0.3 is 5.97 Å². The molecule has 0 aromatic heterocycles. The summed E-state index contributed by atoms with van der Waals surface area (Å²) in [7, 11) is 1.76. The van der Waals surface area contributed by atoms with Gasteiger partial charge in [0.25, 0.3) is 11.7 Å². The van der Waals surface area contributed by atoms with E-state index in [4.69, 9.17) is 28.2 Å². The third-order valence-corrected chi connectivity index (χ3v) is 15.6. The number of aliphatic hydroxyl groups is 2. The molecule has 15 nitrogen and oxygen atoms in total. The van der Waals surface area contributed by atoms with Crippen LogP contribution in [0, 0.1) is 35.5 Å². The summed E-state index contributed by atoms with van der Waals surface area (Å²) in [5.74, 6) is -8.11. The van der Waals surface area contributed by atoms with Gasteiger partial charge in [0.1, 0.15) is 30.1 Å². The largest absolute Gasteiger partial charge is 0.460 e. The zero-order valence-corrected chi connectivity index (χ0v) is 44.3. The summed E-state index contributed by atoms with van der Waals surface area (Å²) in [6.07, 6.45) is 11.4. The van der Waals surface area contributed by atoms with Crippen LogP contribution < -0.4 is 0 Å². The van der Waals surface area contributed by atoms with Gasteiger partial charge < -0.3 is 43.3 Å². The number of hydrogen-bond acceptors (Lipinski definition) is 14. The van der Waals surface area contributed by atoms with Crippen LogP contribution >= 0.6 is 7.37 Å². The number of cyclic esters (lactones) is 1. The number of piperidine rings is 1. The predicted octanol–water partition coefficient (Wildman–Crippen LogP) is 7.74. The summed E-state index contributed by atoms with van der Waals surface area (Å²) in [6, 6.07) is -1.16. The first-order valence-corrected chi connectivity index (χ1v) is 27.7. The first kappa shape index (κ1) is 58.4. The van der Waals surface area contributed by atoms with Crippen molar-refractivity contribution in [3.63, 3.8) is 0 Å². The molecule has 0 unspecified atom stereocenters. The molecule has 1 aliphatic carbocycles. The number of esters is 1. The van der Waals surface area contributed by atoms with Crippen molar-refractivity contribution in [2.24, 2.45) is 35.5 Å². The highest BCUT2D eigenvalue weighted by atomic mass is 31.2. The molecule has 3 aliphatic heterocycles. The molecule has 0 spiro atoms. The number of hydrogen-bond donors (Lipinski definition) is 2. The molecule has 0 aromatic rings. The number of allylic oxidation sites excluding steroid dienone is 6. The second-order valence-electron chi connectivity index (χ2n) is 20.9. The van der Waals surface area contributed by atoms with Crippen molar-refractivity contribution in [3.05, 3.63) is 47.6 Å². The maximum Gasteiger partial charge on any atom is 0.329 e. The molecule has 2 saturated heterocycles. The van der Waals surface area contributed by atoms with E-state index in [1.54, 1.807) is 54.4 Å². The Bertz CT molecular complexity index is 1940. The van der Waals surface area contributed by atoms with Gasteiger partial charge in [-0.15, -0.1) is 0 Å². The van der Waals surface area contributed by atoms with Crippen LogP contribution in [0.1, 0.15) is 126 Å². The summed E-state index contributed by atoms with van der Waals surface area (Å²) < 4.78 is 48.2. The first-order chi connectivity index (χ1) is 32.4. The lowest BCUT2D eigenvalue weighted by Crippen LogP contribution is -2.61. The standard InChI is InChI=1S/C53H84NO14P/c1-32-18-14-13-15-19-33(2)44(63-8)30-40-23-21-38(7)53(61,67-40)50(58)51(59)54-25-17-16-20-41(54)52(60)66-45(35(4)28-39-22-24-43(46(29-39)64-9)68-69(11,12)62)31-42(55)34(3)27-37(6)48(57)49(65-10)47(56)36(5)26-32/h13-15,18-19,27,32,34-36,38-41,43-46,48-49,57,61H,16-17,20-26,28-31H2,1-12H3/b15-13+,18-14+,33-19+,37-27+/t32-,34-,35-,36-,38-,39+,40+,41+,43-,44+,45+,46-,48-,49+,53-/m0/s1. The van der Waals surface area contributed by atoms with Gasteiger partial charge in [0.2, 0.25) is 5.79 Å². The molecule has 4 aliphatic rings. The van der Waals surface area contributed by atoms with Crippen LogP contribution in [0.5, 0.6) is 0 Å². The fraction of sp³-hybridized carbons (Fsp3) is 0.755.